The number of hydrogen-bond acceptors (Lipinski definition) is 1. The molecule has 0 N–H and O–H groups in total. The monoisotopic (exact) mass is 308 g/mol. The normalized spacial score (nSPS) is 25.1. The van der Waals surface area contributed by atoms with E-state index in [2.05, 4.69) is 0 Å². The minimum Gasteiger partial charge on any atom is -0.295 e. The highest BCUT2D eigenvalue weighted by molar-refractivity contribution is 6.42. The summed E-state index contributed by atoms with van der Waals surface area (Å²) in [5, 5.41) is 1.14. The number of allylic oxidation sites excluding steroid dienone is 2. The minimum atomic E-state index is 0.302. The predicted octanol–water partition coefficient (Wildman–Crippen LogP) is 5.55. The molecule has 106 valence electrons. The van der Waals surface area contributed by atoms with E-state index in [4.69, 9.17) is 23.2 Å². The van der Waals surface area contributed by atoms with E-state index in [-0.39, 0.29) is 0 Å². The van der Waals surface area contributed by atoms with Gasteiger partial charge < -0.3 is 0 Å². The molecule has 3 rings (SSSR count). The Balaban J connectivity index is 2.10. The van der Waals surface area contributed by atoms with E-state index in [0.29, 0.717) is 28.2 Å². The summed E-state index contributed by atoms with van der Waals surface area (Å²) in [6.45, 7) is 1.95. The fourth-order valence-corrected chi connectivity index (χ4v) is 4.01. The van der Waals surface area contributed by atoms with Crippen molar-refractivity contribution >= 4 is 34.6 Å². The molecule has 0 radical (unpaired) electrons. The zero-order chi connectivity index (χ0) is 14.3. The van der Waals surface area contributed by atoms with Gasteiger partial charge in [-0.25, -0.2) is 0 Å². The number of carbonyl (C=O) groups is 1. The van der Waals surface area contributed by atoms with Crippen molar-refractivity contribution < 1.29 is 4.79 Å². The highest BCUT2D eigenvalue weighted by Gasteiger charge is 2.37. The maximum Gasteiger partial charge on any atom is 0.159 e. The zero-order valence-corrected chi connectivity index (χ0v) is 13.1. The lowest BCUT2D eigenvalue weighted by atomic mass is 9.78. The van der Waals surface area contributed by atoms with Gasteiger partial charge in [-0.2, -0.15) is 0 Å². The molecule has 0 saturated heterocycles. The first-order valence-corrected chi connectivity index (χ1v) is 8.07. The van der Waals surface area contributed by atoms with Gasteiger partial charge in [0.1, 0.15) is 0 Å². The van der Waals surface area contributed by atoms with Crippen LogP contribution < -0.4 is 0 Å². The lowest BCUT2D eigenvalue weighted by molar-refractivity contribution is -0.115. The van der Waals surface area contributed by atoms with E-state index in [1.807, 2.05) is 25.1 Å². The van der Waals surface area contributed by atoms with Crippen molar-refractivity contribution in [2.24, 2.45) is 11.8 Å². The summed E-state index contributed by atoms with van der Waals surface area (Å²) in [6.07, 6.45) is 5.19. The van der Waals surface area contributed by atoms with Crippen LogP contribution in [0.3, 0.4) is 0 Å². The second-order valence-corrected chi connectivity index (χ2v) is 6.69. The number of hydrogen-bond donors (Lipinski definition) is 0. The summed E-state index contributed by atoms with van der Waals surface area (Å²) in [7, 11) is 0. The van der Waals surface area contributed by atoms with Gasteiger partial charge in [-0.1, -0.05) is 36.2 Å². The molecule has 2 aliphatic rings. The van der Waals surface area contributed by atoms with Crippen molar-refractivity contribution in [3.63, 3.8) is 0 Å². The van der Waals surface area contributed by atoms with Crippen LogP contribution >= 0.6 is 23.2 Å². The summed E-state index contributed by atoms with van der Waals surface area (Å²) < 4.78 is 0. The van der Waals surface area contributed by atoms with Crippen LogP contribution in [0.25, 0.3) is 5.57 Å². The largest absolute Gasteiger partial charge is 0.295 e. The van der Waals surface area contributed by atoms with Crippen LogP contribution in [0.4, 0.5) is 0 Å². The minimum absolute atomic E-state index is 0.302. The van der Waals surface area contributed by atoms with Crippen LogP contribution in [-0.4, -0.2) is 5.78 Å². The number of fused-ring (bicyclic) bond motifs is 2. The molecule has 20 heavy (non-hydrogen) atoms. The Hall–Kier alpha value is -0.790. The number of Topliss-reactive ketones (excluding diaryl/α,β-unsaturated/α-hetero) is 1. The van der Waals surface area contributed by atoms with Gasteiger partial charge in [0.25, 0.3) is 0 Å². The number of carbonyl (C=O) groups excluding carboxylic acids is 1. The molecule has 1 unspecified atom stereocenters. The Morgan fingerprint density at radius 1 is 1.25 bits per heavy atom. The lowest BCUT2D eigenvalue weighted by Gasteiger charge is -2.26. The molecule has 1 nitrogen and oxygen atoms in total. The van der Waals surface area contributed by atoms with Gasteiger partial charge in [-0.3, -0.25) is 4.79 Å². The van der Waals surface area contributed by atoms with E-state index >= 15 is 0 Å². The number of rotatable bonds is 3. The number of ketones is 1. The molecule has 2 atom stereocenters. The SMILES string of the molecule is CCC(=O)C1=C(c2ccc(Cl)c(Cl)c2)CC2CC[C@@H]1C2. The fraction of sp³-hybridized carbons (Fsp3) is 0.471. The smallest absolute Gasteiger partial charge is 0.159 e. The molecular formula is C17H18Cl2O. The first-order chi connectivity index (χ1) is 9.60. The van der Waals surface area contributed by atoms with Crippen molar-refractivity contribution in [3.8, 4) is 0 Å². The zero-order valence-electron chi connectivity index (χ0n) is 11.6. The third-order valence-corrected chi connectivity index (χ3v) is 5.40. The second kappa shape index (κ2) is 5.54. The summed E-state index contributed by atoms with van der Waals surface area (Å²) in [5.74, 6) is 1.50. The van der Waals surface area contributed by atoms with Crippen LogP contribution in [0.5, 0.6) is 0 Å². The molecule has 0 aromatic heterocycles. The molecule has 0 amide bonds. The summed E-state index contributed by atoms with van der Waals surface area (Å²) in [5.41, 5.74) is 3.36. The summed E-state index contributed by atoms with van der Waals surface area (Å²) >= 11 is 12.1. The first-order valence-electron chi connectivity index (χ1n) is 7.31. The van der Waals surface area contributed by atoms with E-state index in [1.165, 1.54) is 18.4 Å². The van der Waals surface area contributed by atoms with E-state index < -0.39 is 0 Å². The predicted molar refractivity (Wildman–Crippen MR) is 84.1 cm³/mol. The highest BCUT2D eigenvalue weighted by Crippen LogP contribution is 2.49. The van der Waals surface area contributed by atoms with Crippen LogP contribution in [0.1, 0.15) is 44.6 Å². The number of halogens is 2. The Kier molecular flexibility index (Phi) is 3.92. The summed E-state index contributed by atoms with van der Waals surface area (Å²) in [6, 6.07) is 5.74. The van der Waals surface area contributed by atoms with Gasteiger partial charge in [0.15, 0.2) is 5.78 Å². The quantitative estimate of drug-likeness (QED) is 0.716. The lowest BCUT2D eigenvalue weighted by Crippen LogP contribution is -2.17. The average Bonchev–Trinajstić information content (AvgIpc) is 2.82. The van der Waals surface area contributed by atoms with Crippen molar-refractivity contribution in [1.82, 2.24) is 0 Å². The van der Waals surface area contributed by atoms with Crippen molar-refractivity contribution in [3.05, 3.63) is 39.4 Å². The maximum atomic E-state index is 12.4. The topological polar surface area (TPSA) is 17.1 Å². The van der Waals surface area contributed by atoms with E-state index in [1.54, 1.807) is 0 Å². The third kappa shape index (κ3) is 2.42. The molecule has 0 heterocycles. The third-order valence-electron chi connectivity index (χ3n) is 4.66. The molecule has 1 saturated carbocycles. The van der Waals surface area contributed by atoms with Crippen molar-refractivity contribution in [2.75, 3.05) is 0 Å². The Morgan fingerprint density at radius 3 is 2.75 bits per heavy atom. The molecule has 1 fully saturated rings. The van der Waals surface area contributed by atoms with Crippen molar-refractivity contribution in [1.29, 1.82) is 0 Å². The molecule has 0 spiro atoms. The van der Waals surface area contributed by atoms with Gasteiger partial charge in [0, 0.05) is 12.0 Å². The number of benzene rings is 1. The van der Waals surface area contributed by atoms with Gasteiger partial charge in [0.2, 0.25) is 0 Å². The molecule has 2 aliphatic carbocycles. The van der Waals surface area contributed by atoms with Crippen LogP contribution in [0, 0.1) is 11.8 Å². The Bertz CT molecular complexity index is 589. The maximum absolute atomic E-state index is 12.4. The Labute approximate surface area is 130 Å². The summed E-state index contributed by atoms with van der Waals surface area (Å²) in [4.78, 5) is 12.4. The van der Waals surface area contributed by atoms with Gasteiger partial charge in [-0.15, -0.1) is 0 Å². The fourth-order valence-electron chi connectivity index (χ4n) is 3.71. The van der Waals surface area contributed by atoms with Crippen LogP contribution in [0.2, 0.25) is 10.0 Å². The molecule has 1 aromatic rings. The van der Waals surface area contributed by atoms with Crippen LogP contribution in [-0.2, 0) is 4.79 Å². The molecular weight excluding hydrogens is 291 g/mol. The van der Waals surface area contributed by atoms with E-state index in [0.717, 1.165) is 29.9 Å². The molecule has 3 heteroatoms. The molecule has 1 aromatic carbocycles. The van der Waals surface area contributed by atoms with Crippen molar-refractivity contribution in [2.45, 2.75) is 39.0 Å². The second-order valence-electron chi connectivity index (χ2n) is 5.88. The first kappa shape index (κ1) is 14.2. The van der Waals surface area contributed by atoms with Gasteiger partial charge >= 0.3 is 0 Å². The average molecular weight is 309 g/mol. The Morgan fingerprint density at radius 2 is 2.05 bits per heavy atom. The van der Waals surface area contributed by atoms with Gasteiger partial charge in [-0.05, 0) is 60.8 Å². The van der Waals surface area contributed by atoms with Crippen LogP contribution in [0.15, 0.2) is 23.8 Å². The molecule has 2 bridgehead atoms. The van der Waals surface area contributed by atoms with Gasteiger partial charge in [0.05, 0.1) is 10.0 Å². The van der Waals surface area contributed by atoms with E-state index in [9.17, 15) is 4.79 Å². The molecule has 0 aliphatic heterocycles. The standard InChI is InChI=1S/C17H18Cl2O/c1-2-16(20)17-12-4-3-10(7-12)8-13(17)11-5-6-14(18)15(19)9-11/h5-6,9-10,12H,2-4,7-8H2,1H3/t10?,12-/m1/s1. The highest BCUT2D eigenvalue weighted by atomic mass is 35.5.